The zero-order valence-corrected chi connectivity index (χ0v) is 13.2. The number of carbonyl (C=O) groups is 1. The van der Waals surface area contributed by atoms with Crippen LogP contribution in [-0.2, 0) is 0 Å². The van der Waals surface area contributed by atoms with E-state index in [9.17, 15) is 4.79 Å². The van der Waals surface area contributed by atoms with Crippen LogP contribution in [0.3, 0.4) is 0 Å². The van der Waals surface area contributed by atoms with E-state index < -0.39 is 5.97 Å². The lowest BCUT2D eigenvalue weighted by molar-refractivity contribution is 0.0697. The van der Waals surface area contributed by atoms with E-state index in [4.69, 9.17) is 16.7 Å². The third-order valence-corrected chi connectivity index (χ3v) is 5.11. The van der Waals surface area contributed by atoms with Gasteiger partial charge >= 0.3 is 5.97 Å². The molecule has 0 saturated carbocycles. The lowest BCUT2D eigenvalue weighted by Gasteiger charge is -2.37. The third-order valence-electron chi connectivity index (χ3n) is 4.87. The van der Waals surface area contributed by atoms with E-state index >= 15 is 0 Å². The van der Waals surface area contributed by atoms with Gasteiger partial charge in [0.15, 0.2) is 0 Å². The summed E-state index contributed by atoms with van der Waals surface area (Å²) in [5, 5.41) is 17.0. The number of hydrogen-bond acceptors (Lipinski definition) is 3. The van der Waals surface area contributed by atoms with Gasteiger partial charge in [0, 0.05) is 22.7 Å². The predicted octanol–water partition coefficient (Wildman–Crippen LogP) is 3.86. The minimum absolute atomic E-state index is 0.173. The molecule has 1 saturated heterocycles. The van der Waals surface area contributed by atoms with Crippen LogP contribution in [0.5, 0.6) is 0 Å². The first-order valence-electron chi connectivity index (χ1n) is 7.76. The first-order chi connectivity index (χ1) is 11.1. The molecule has 0 bridgehead atoms. The van der Waals surface area contributed by atoms with Gasteiger partial charge in [-0.3, -0.25) is 0 Å². The zero-order chi connectivity index (χ0) is 16.0. The molecule has 1 fully saturated rings. The minimum Gasteiger partial charge on any atom is -0.478 e. The number of fused-ring (bicyclic) bond motifs is 3. The molecule has 2 aromatic rings. The SMILES string of the molecule is O=C(O)c1ccc([C@H]2Nc3ccc(Cl)cc3[C@@H]3NCC[C@H]23)cc1. The van der Waals surface area contributed by atoms with Gasteiger partial charge in [0.05, 0.1) is 11.6 Å². The molecule has 23 heavy (non-hydrogen) atoms. The molecule has 118 valence electrons. The Labute approximate surface area is 139 Å². The van der Waals surface area contributed by atoms with E-state index in [1.54, 1.807) is 12.1 Å². The molecule has 3 atom stereocenters. The molecule has 4 nitrogen and oxygen atoms in total. The second kappa shape index (κ2) is 5.55. The highest BCUT2D eigenvalue weighted by Crippen LogP contribution is 2.47. The number of benzene rings is 2. The summed E-state index contributed by atoms with van der Waals surface area (Å²) in [5.41, 5.74) is 3.75. The van der Waals surface area contributed by atoms with Crippen LogP contribution in [0, 0.1) is 5.92 Å². The van der Waals surface area contributed by atoms with E-state index in [2.05, 4.69) is 10.6 Å². The average Bonchev–Trinajstić information content (AvgIpc) is 3.04. The Morgan fingerprint density at radius 3 is 2.65 bits per heavy atom. The molecule has 2 aromatic carbocycles. The van der Waals surface area contributed by atoms with Crippen molar-refractivity contribution in [3.8, 4) is 0 Å². The minimum atomic E-state index is -0.895. The van der Waals surface area contributed by atoms with Crippen molar-refractivity contribution in [1.82, 2.24) is 5.32 Å². The highest BCUT2D eigenvalue weighted by Gasteiger charge is 2.40. The molecule has 0 aromatic heterocycles. The van der Waals surface area contributed by atoms with Crippen molar-refractivity contribution in [2.24, 2.45) is 5.92 Å². The van der Waals surface area contributed by atoms with E-state index in [0.717, 1.165) is 29.2 Å². The second-order valence-corrected chi connectivity index (χ2v) is 6.60. The van der Waals surface area contributed by atoms with E-state index in [0.29, 0.717) is 11.5 Å². The van der Waals surface area contributed by atoms with Gasteiger partial charge in [-0.1, -0.05) is 23.7 Å². The molecule has 2 heterocycles. The van der Waals surface area contributed by atoms with Crippen molar-refractivity contribution in [2.45, 2.75) is 18.5 Å². The van der Waals surface area contributed by atoms with Gasteiger partial charge in [-0.25, -0.2) is 4.79 Å². The van der Waals surface area contributed by atoms with Crippen LogP contribution in [0.25, 0.3) is 0 Å². The van der Waals surface area contributed by atoms with Crippen molar-refractivity contribution < 1.29 is 9.90 Å². The zero-order valence-electron chi connectivity index (χ0n) is 12.4. The molecular weight excluding hydrogens is 312 g/mol. The topological polar surface area (TPSA) is 61.4 Å². The van der Waals surface area contributed by atoms with Crippen LogP contribution in [-0.4, -0.2) is 17.6 Å². The summed E-state index contributed by atoms with van der Waals surface area (Å²) >= 11 is 6.16. The smallest absolute Gasteiger partial charge is 0.335 e. The molecule has 0 amide bonds. The number of rotatable bonds is 2. The third kappa shape index (κ3) is 2.48. The summed E-state index contributed by atoms with van der Waals surface area (Å²) in [5.74, 6) is -0.467. The van der Waals surface area contributed by atoms with E-state index in [1.807, 2.05) is 30.3 Å². The Balaban J connectivity index is 1.72. The average molecular weight is 329 g/mol. The first kappa shape index (κ1) is 14.5. The van der Waals surface area contributed by atoms with Crippen molar-refractivity contribution in [3.05, 3.63) is 64.2 Å². The number of carboxylic acid groups (broad SMARTS) is 1. The molecule has 2 aliphatic heterocycles. The van der Waals surface area contributed by atoms with Gasteiger partial charge < -0.3 is 15.7 Å². The molecule has 2 aliphatic rings. The number of anilines is 1. The van der Waals surface area contributed by atoms with Gasteiger partial charge in [0.25, 0.3) is 0 Å². The van der Waals surface area contributed by atoms with Crippen molar-refractivity contribution in [1.29, 1.82) is 0 Å². The van der Waals surface area contributed by atoms with Gasteiger partial charge in [-0.05, 0) is 54.4 Å². The summed E-state index contributed by atoms with van der Waals surface area (Å²) < 4.78 is 0. The van der Waals surface area contributed by atoms with Gasteiger partial charge in [-0.2, -0.15) is 0 Å². The predicted molar refractivity (Wildman–Crippen MR) is 90.1 cm³/mol. The Bertz CT molecular complexity index is 760. The number of aromatic carboxylic acids is 1. The van der Waals surface area contributed by atoms with Crippen LogP contribution < -0.4 is 10.6 Å². The van der Waals surface area contributed by atoms with Gasteiger partial charge in [-0.15, -0.1) is 0 Å². The van der Waals surface area contributed by atoms with Crippen molar-refractivity contribution >= 4 is 23.3 Å². The second-order valence-electron chi connectivity index (χ2n) is 6.17. The van der Waals surface area contributed by atoms with E-state index in [-0.39, 0.29) is 12.1 Å². The normalized spacial score (nSPS) is 25.3. The van der Waals surface area contributed by atoms with E-state index in [1.165, 1.54) is 5.56 Å². The van der Waals surface area contributed by atoms with Gasteiger partial charge in [0.2, 0.25) is 0 Å². The number of halogens is 1. The molecule has 3 N–H and O–H groups in total. The number of carboxylic acids is 1. The molecule has 0 unspecified atom stereocenters. The fourth-order valence-corrected chi connectivity index (χ4v) is 3.96. The first-order valence-corrected chi connectivity index (χ1v) is 8.14. The summed E-state index contributed by atoms with van der Waals surface area (Å²) in [6.07, 6.45) is 1.08. The maximum Gasteiger partial charge on any atom is 0.335 e. The maximum atomic E-state index is 11.0. The summed E-state index contributed by atoms with van der Waals surface area (Å²) in [6, 6.07) is 13.6. The maximum absolute atomic E-state index is 11.0. The largest absolute Gasteiger partial charge is 0.478 e. The molecule has 0 aliphatic carbocycles. The Kier molecular flexibility index (Phi) is 3.51. The lowest BCUT2D eigenvalue weighted by atomic mass is 9.80. The summed E-state index contributed by atoms with van der Waals surface area (Å²) in [6.45, 7) is 0.979. The fraction of sp³-hybridized carbons (Fsp3) is 0.278. The van der Waals surface area contributed by atoms with Gasteiger partial charge in [0.1, 0.15) is 0 Å². The summed E-state index contributed by atoms with van der Waals surface area (Å²) in [4.78, 5) is 11.0. The van der Waals surface area contributed by atoms with Crippen LogP contribution in [0.2, 0.25) is 5.02 Å². The monoisotopic (exact) mass is 328 g/mol. The van der Waals surface area contributed by atoms with Crippen LogP contribution >= 0.6 is 11.6 Å². The molecular formula is C18H17ClN2O2. The Hall–Kier alpha value is -2.04. The van der Waals surface area contributed by atoms with Crippen LogP contribution in [0.4, 0.5) is 5.69 Å². The molecule has 4 rings (SSSR count). The molecule has 0 spiro atoms. The quantitative estimate of drug-likeness (QED) is 0.783. The fourth-order valence-electron chi connectivity index (χ4n) is 3.78. The number of nitrogens with one attached hydrogen (secondary N) is 2. The highest BCUT2D eigenvalue weighted by atomic mass is 35.5. The standard InChI is InChI=1S/C18H17ClN2O2/c19-12-5-6-15-14(9-12)17-13(7-8-20-17)16(21-15)10-1-3-11(4-2-10)18(22)23/h1-6,9,13,16-17,20-21H,7-8H2,(H,22,23)/t13-,16-,17-/m1/s1. The van der Waals surface area contributed by atoms with Crippen LogP contribution in [0.1, 0.15) is 40.0 Å². The summed E-state index contributed by atoms with van der Waals surface area (Å²) in [7, 11) is 0. The van der Waals surface area contributed by atoms with Crippen LogP contribution in [0.15, 0.2) is 42.5 Å². The Morgan fingerprint density at radius 1 is 1.13 bits per heavy atom. The highest BCUT2D eigenvalue weighted by molar-refractivity contribution is 6.30. The lowest BCUT2D eigenvalue weighted by Crippen LogP contribution is -2.32. The number of hydrogen-bond donors (Lipinski definition) is 3. The van der Waals surface area contributed by atoms with Crippen molar-refractivity contribution in [2.75, 3.05) is 11.9 Å². The van der Waals surface area contributed by atoms with Crippen molar-refractivity contribution in [3.63, 3.8) is 0 Å². The molecule has 0 radical (unpaired) electrons. The molecule has 5 heteroatoms. The Morgan fingerprint density at radius 2 is 1.91 bits per heavy atom.